The molecule has 2 fully saturated rings. The molecule has 2 aromatic rings. The van der Waals surface area contributed by atoms with E-state index in [1.807, 2.05) is 24.3 Å². The topological polar surface area (TPSA) is 91.6 Å². The summed E-state index contributed by atoms with van der Waals surface area (Å²) in [6.07, 6.45) is 4.41. The number of para-hydroxylation sites is 1. The van der Waals surface area contributed by atoms with Crippen molar-refractivity contribution < 1.29 is 14.1 Å². The lowest BCUT2D eigenvalue weighted by Crippen LogP contribution is -2.55. The largest absolute Gasteiger partial charge is 0.339 e. The highest BCUT2D eigenvalue weighted by atomic mass is 16.5. The fraction of sp³-hybridized carbons (Fsp3) is 0.524. The number of nitrogens with one attached hydrogen (secondary N) is 1. The van der Waals surface area contributed by atoms with Gasteiger partial charge in [0.2, 0.25) is 11.8 Å². The Morgan fingerprint density at radius 3 is 2.66 bits per heavy atom. The van der Waals surface area contributed by atoms with E-state index >= 15 is 0 Å². The molecule has 0 spiro atoms. The van der Waals surface area contributed by atoms with Gasteiger partial charge in [0, 0.05) is 44.1 Å². The lowest BCUT2D eigenvalue weighted by atomic mass is 9.96. The summed E-state index contributed by atoms with van der Waals surface area (Å²) in [4.78, 5) is 33.4. The number of benzene rings is 1. The molecule has 1 saturated heterocycles. The standard InChI is InChI=1S/C21H25N5O3/c1-25-17-5-3-2-4-15(17)12-16(20(25)27)22-21(28)26-10-8-13(9-11-26)18-23-19(29-24-18)14-6-7-14/h2-5,13-14,16H,6-12H2,1H3,(H,22,28). The second kappa shape index (κ2) is 7.17. The Balaban J connectivity index is 1.18. The molecule has 1 saturated carbocycles. The van der Waals surface area contributed by atoms with Gasteiger partial charge in [-0.2, -0.15) is 4.98 Å². The van der Waals surface area contributed by atoms with Crippen LogP contribution in [0.5, 0.6) is 0 Å². The van der Waals surface area contributed by atoms with Crippen molar-refractivity contribution in [1.29, 1.82) is 0 Å². The number of amides is 3. The van der Waals surface area contributed by atoms with Crippen molar-refractivity contribution in [3.63, 3.8) is 0 Å². The van der Waals surface area contributed by atoms with E-state index in [4.69, 9.17) is 4.52 Å². The smallest absolute Gasteiger partial charge is 0.318 e. The normalized spacial score (nSPS) is 22.5. The number of likely N-dealkylation sites (tertiary alicyclic amines) is 1. The lowest BCUT2D eigenvalue weighted by Gasteiger charge is -2.35. The lowest BCUT2D eigenvalue weighted by molar-refractivity contribution is -0.120. The summed E-state index contributed by atoms with van der Waals surface area (Å²) in [5, 5.41) is 7.09. The fourth-order valence-electron chi connectivity index (χ4n) is 4.27. The maximum absolute atomic E-state index is 12.8. The zero-order valence-corrected chi connectivity index (χ0v) is 16.5. The van der Waals surface area contributed by atoms with Crippen LogP contribution in [0.15, 0.2) is 28.8 Å². The van der Waals surface area contributed by atoms with Crippen LogP contribution in [-0.4, -0.2) is 53.2 Å². The monoisotopic (exact) mass is 395 g/mol. The van der Waals surface area contributed by atoms with E-state index in [1.165, 1.54) is 0 Å². The summed E-state index contributed by atoms with van der Waals surface area (Å²) in [5.74, 6) is 2.14. The first kappa shape index (κ1) is 18.1. The first-order valence-electron chi connectivity index (χ1n) is 10.3. The molecule has 1 N–H and O–H groups in total. The Kier molecular flexibility index (Phi) is 4.49. The van der Waals surface area contributed by atoms with Gasteiger partial charge in [-0.25, -0.2) is 4.79 Å². The Labute approximate surface area is 169 Å². The number of hydrogen-bond donors (Lipinski definition) is 1. The molecule has 8 nitrogen and oxygen atoms in total. The molecule has 29 heavy (non-hydrogen) atoms. The van der Waals surface area contributed by atoms with Gasteiger partial charge in [0.1, 0.15) is 6.04 Å². The van der Waals surface area contributed by atoms with E-state index in [0.717, 1.165) is 48.6 Å². The Bertz CT molecular complexity index is 930. The van der Waals surface area contributed by atoms with Crippen LogP contribution >= 0.6 is 0 Å². The van der Waals surface area contributed by atoms with E-state index in [2.05, 4.69) is 15.5 Å². The highest BCUT2D eigenvalue weighted by molar-refractivity contribution is 6.01. The van der Waals surface area contributed by atoms with E-state index in [9.17, 15) is 9.59 Å². The van der Waals surface area contributed by atoms with Crippen molar-refractivity contribution in [3.8, 4) is 0 Å². The van der Waals surface area contributed by atoms with Crippen LogP contribution in [-0.2, 0) is 11.2 Å². The van der Waals surface area contributed by atoms with Crippen LogP contribution in [0.1, 0.15) is 54.8 Å². The highest BCUT2D eigenvalue weighted by Gasteiger charge is 2.35. The number of piperidine rings is 1. The van der Waals surface area contributed by atoms with Crippen LogP contribution in [0, 0.1) is 0 Å². The molecule has 1 aliphatic carbocycles. The quantitative estimate of drug-likeness (QED) is 0.862. The number of rotatable bonds is 3. The molecule has 8 heteroatoms. The molecule has 3 heterocycles. The van der Waals surface area contributed by atoms with E-state index in [0.29, 0.717) is 25.4 Å². The van der Waals surface area contributed by atoms with Crippen molar-refractivity contribution in [2.24, 2.45) is 0 Å². The van der Waals surface area contributed by atoms with Crippen molar-refractivity contribution in [1.82, 2.24) is 20.4 Å². The molecule has 5 rings (SSSR count). The van der Waals surface area contributed by atoms with Crippen molar-refractivity contribution in [3.05, 3.63) is 41.5 Å². The third-order valence-corrected chi connectivity index (χ3v) is 6.23. The van der Waals surface area contributed by atoms with E-state index in [1.54, 1.807) is 16.8 Å². The summed E-state index contributed by atoms with van der Waals surface area (Å²) >= 11 is 0. The summed E-state index contributed by atoms with van der Waals surface area (Å²) in [7, 11) is 1.76. The number of carbonyl (C=O) groups excluding carboxylic acids is 2. The number of fused-ring (bicyclic) bond motifs is 1. The second-order valence-corrected chi connectivity index (χ2v) is 8.26. The molecule has 3 aliphatic rings. The van der Waals surface area contributed by atoms with Crippen molar-refractivity contribution >= 4 is 17.6 Å². The zero-order chi connectivity index (χ0) is 20.0. The van der Waals surface area contributed by atoms with Gasteiger partial charge in [0.15, 0.2) is 5.82 Å². The average molecular weight is 395 g/mol. The molecule has 0 bridgehead atoms. The van der Waals surface area contributed by atoms with Crippen LogP contribution in [0.4, 0.5) is 10.5 Å². The van der Waals surface area contributed by atoms with Gasteiger partial charge >= 0.3 is 6.03 Å². The van der Waals surface area contributed by atoms with Gasteiger partial charge in [-0.1, -0.05) is 23.4 Å². The van der Waals surface area contributed by atoms with Gasteiger partial charge < -0.3 is 19.6 Å². The summed E-state index contributed by atoms with van der Waals surface area (Å²) in [6.45, 7) is 1.24. The predicted octanol–water partition coefficient (Wildman–Crippen LogP) is 2.42. The summed E-state index contributed by atoms with van der Waals surface area (Å²) in [6, 6.07) is 7.11. The molecule has 2 aliphatic heterocycles. The SMILES string of the molecule is CN1C(=O)C(NC(=O)N2CCC(c3noc(C4CC4)n3)CC2)Cc2ccccc21. The first-order valence-corrected chi connectivity index (χ1v) is 10.3. The van der Waals surface area contributed by atoms with Gasteiger partial charge in [-0.05, 0) is 37.3 Å². The Hall–Kier alpha value is -2.90. The van der Waals surface area contributed by atoms with Gasteiger partial charge in [0.25, 0.3) is 0 Å². The van der Waals surface area contributed by atoms with Gasteiger partial charge in [-0.15, -0.1) is 0 Å². The molecule has 0 radical (unpaired) electrons. The molecule has 3 amide bonds. The summed E-state index contributed by atoms with van der Waals surface area (Å²) < 4.78 is 5.37. The van der Waals surface area contributed by atoms with Crippen molar-refractivity contribution in [2.45, 2.75) is 50.0 Å². The minimum atomic E-state index is -0.529. The van der Waals surface area contributed by atoms with Gasteiger partial charge in [0.05, 0.1) is 0 Å². The number of carbonyl (C=O) groups is 2. The number of anilines is 1. The van der Waals surface area contributed by atoms with Crippen LogP contribution in [0.25, 0.3) is 0 Å². The highest BCUT2D eigenvalue weighted by Crippen LogP contribution is 2.39. The molecule has 1 aromatic carbocycles. The number of likely N-dealkylation sites (N-methyl/N-ethyl adjacent to an activating group) is 1. The minimum Gasteiger partial charge on any atom is -0.339 e. The van der Waals surface area contributed by atoms with Crippen LogP contribution < -0.4 is 10.2 Å². The molecular weight excluding hydrogens is 370 g/mol. The molecule has 1 aromatic heterocycles. The Morgan fingerprint density at radius 2 is 1.90 bits per heavy atom. The zero-order valence-electron chi connectivity index (χ0n) is 16.5. The minimum absolute atomic E-state index is 0.0775. The summed E-state index contributed by atoms with van der Waals surface area (Å²) in [5.41, 5.74) is 1.98. The second-order valence-electron chi connectivity index (χ2n) is 8.26. The average Bonchev–Trinajstić information content (AvgIpc) is 3.48. The number of nitrogens with zero attached hydrogens (tertiary/aromatic N) is 4. The van der Waals surface area contributed by atoms with Crippen LogP contribution in [0.3, 0.4) is 0 Å². The van der Waals surface area contributed by atoms with E-state index in [-0.39, 0.29) is 17.9 Å². The van der Waals surface area contributed by atoms with E-state index < -0.39 is 6.04 Å². The number of hydrogen-bond acceptors (Lipinski definition) is 5. The molecular formula is C21H25N5O3. The molecule has 152 valence electrons. The molecule has 1 atom stereocenters. The molecule has 1 unspecified atom stereocenters. The predicted molar refractivity (Wildman–Crippen MR) is 106 cm³/mol. The number of urea groups is 1. The van der Waals surface area contributed by atoms with Crippen molar-refractivity contribution in [2.75, 3.05) is 25.0 Å². The third-order valence-electron chi connectivity index (χ3n) is 6.23. The third kappa shape index (κ3) is 3.47. The maximum atomic E-state index is 12.8. The van der Waals surface area contributed by atoms with Gasteiger partial charge in [-0.3, -0.25) is 4.79 Å². The Morgan fingerprint density at radius 1 is 1.14 bits per heavy atom. The van der Waals surface area contributed by atoms with Crippen LogP contribution in [0.2, 0.25) is 0 Å². The fourth-order valence-corrected chi connectivity index (χ4v) is 4.27. The number of aromatic nitrogens is 2. The first-order chi connectivity index (χ1) is 14.1. The maximum Gasteiger partial charge on any atom is 0.318 e.